The van der Waals surface area contributed by atoms with Gasteiger partial charge in [-0.1, -0.05) is 48.5 Å². The van der Waals surface area contributed by atoms with Crippen molar-refractivity contribution in [3.8, 4) is 22.6 Å². The molecule has 200 valence electrons. The molecule has 0 aliphatic heterocycles. The molecule has 6 rings (SSSR count). The van der Waals surface area contributed by atoms with Crippen LogP contribution in [-0.4, -0.2) is 45.8 Å². The number of hydrogen-bond donors (Lipinski definition) is 2. The number of anilines is 1. The highest BCUT2D eigenvalue weighted by molar-refractivity contribution is 7.89. The molecular weight excluding hydrogens is 550 g/mol. The zero-order valence-corrected chi connectivity index (χ0v) is 22.4. The van der Waals surface area contributed by atoms with Gasteiger partial charge < -0.3 is 5.32 Å². The van der Waals surface area contributed by atoms with Crippen LogP contribution in [0.5, 0.6) is 0 Å². The molecule has 3 aromatic heterocycles. The first-order valence-electron chi connectivity index (χ1n) is 12.2. The van der Waals surface area contributed by atoms with Crippen LogP contribution in [0.25, 0.3) is 38.4 Å². The Kier molecular flexibility index (Phi) is 6.67. The summed E-state index contributed by atoms with van der Waals surface area (Å²) in [7, 11) is -3.74. The highest BCUT2D eigenvalue weighted by Gasteiger charge is 2.20. The molecule has 2 N–H and O–H groups in total. The molecule has 0 spiro atoms. The Bertz CT molecular complexity index is 1980. The van der Waals surface area contributed by atoms with Crippen LogP contribution in [0.3, 0.4) is 0 Å². The molecule has 3 aromatic carbocycles. The first-order chi connectivity index (χ1) is 19.4. The van der Waals surface area contributed by atoms with Gasteiger partial charge in [-0.3, -0.25) is 14.5 Å². The van der Waals surface area contributed by atoms with Gasteiger partial charge in [0.25, 0.3) is 5.69 Å². The fourth-order valence-corrected chi connectivity index (χ4v) is 6.42. The summed E-state index contributed by atoms with van der Waals surface area (Å²) in [5, 5.41) is 17.8. The van der Waals surface area contributed by atoms with E-state index in [9.17, 15) is 18.5 Å². The molecule has 0 fully saturated rings. The van der Waals surface area contributed by atoms with Crippen molar-refractivity contribution in [1.29, 1.82) is 0 Å². The second-order valence-electron chi connectivity index (χ2n) is 8.74. The van der Waals surface area contributed by atoms with Gasteiger partial charge in [0, 0.05) is 53.9 Å². The van der Waals surface area contributed by atoms with Crippen molar-refractivity contribution in [3.05, 3.63) is 101 Å². The molecule has 13 heteroatoms. The van der Waals surface area contributed by atoms with Crippen molar-refractivity contribution in [2.24, 2.45) is 0 Å². The van der Waals surface area contributed by atoms with E-state index >= 15 is 0 Å². The largest absolute Gasteiger partial charge is 0.353 e. The summed E-state index contributed by atoms with van der Waals surface area (Å²) in [6, 6.07) is 20.5. The minimum Gasteiger partial charge on any atom is -0.353 e. The van der Waals surface area contributed by atoms with Gasteiger partial charge in [0.2, 0.25) is 16.0 Å². The first kappa shape index (κ1) is 25.6. The lowest BCUT2D eigenvalue weighted by atomic mass is 10.1. The summed E-state index contributed by atoms with van der Waals surface area (Å²) < 4.78 is 30.5. The molecule has 0 aliphatic rings. The molecule has 3 heterocycles. The van der Waals surface area contributed by atoms with Crippen LogP contribution < -0.4 is 10.0 Å². The third kappa shape index (κ3) is 4.88. The molecule has 0 bridgehead atoms. The third-order valence-electron chi connectivity index (χ3n) is 6.23. The Hall–Kier alpha value is -4.72. The maximum absolute atomic E-state index is 13.0. The molecule has 0 saturated heterocycles. The zero-order chi connectivity index (χ0) is 27.7. The molecule has 0 aliphatic carbocycles. The smallest absolute Gasteiger partial charge is 0.270 e. The topological polar surface area (TPSA) is 144 Å². The maximum Gasteiger partial charge on any atom is 0.270 e. The standard InChI is InChI=1S/C27H21N7O4S2/c35-34(36)20-8-3-7-19(17-20)24-25(33-15-16-39-27(33)32-24)22-11-12-28-26(31-22)29-13-14-30-40(37,38)23-10-4-6-18-5-1-2-9-21(18)23/h1-12,15-17,30H,13-14H2,(H,28,29,31). The molecule has 0 unspecified atom stereocenters. The summed E-state index contributed by atoms with van der Waals surface area (Å²) in [4.78, 5) is 25.4. The summed E-state index contributed by atoms with van der Waals surface area (Å²) in [5.74, 6) is 0.303. The van der Waals surface area contributed by atoms with E-state index in [0.717, 1.165) is 5.39 Å². The van der Waals surface area contributed by atoms with E-state index in [1.165, 1.54) is 23.5 Å². The van der Waals surface area contributed by atoms with E-state index in [1.54, 1.807) is 42.6 Å². The number of non-ortho nitro benzene ring substituents is 1. The number of thiazole rings is 1. The minimum absolute atomic E-state index is 0.0317. The molecule has 40 heavy (non-hydrogen) atoms. The third-order valence-corrected chi connectivity index (χ3v) is 8.51. The number of rotatable bonds is 9. The van der Waals surface area contributed by atoms with Crippen LogP contribution in [0.2, 0.25) is 0 Å². The van der Waals surface area contributed by atoms with Crippen LogP contribution in [0.15, 0.2) is 95.5 Å². The minimum atomic E-state index is -3.74. The molecule has 0 atom stereocenters. The highest BCUT2D eigenvalue weighted by atomic mass is 32.2. The Labute approximate surface area is 232 Å². The van der Waals surface area contributed by atoms with Gasteiger partial charge in [0.15, 0.2) is 4.96 Å². The van der Waals surface area contributed by atoms with Crippen LogP contribution in [0.4, 0.5) is 11.6 Å². The normalized spacial score (nSPS) is 11.7. The molecular formula is C27H21N7O4S2. The predicted octanol–water partition coefficient (Wildman–Crippen LogP) is 4.97. The number of benzene rings is 3. The van der Waals surface area contributed by atoms with Crippen molar-refractivity contribution in [3.63, 3.8) is 0 Å². The van der Waals surface area contributed by atoms with Crippen molar-refractivity contribution in [1.82, 2.24) is 24.1 Å². The number of nitro benzene ring substituents is 1. The van der Waals surface area contributed by atoms with E-state index in [2.05, 4.69) is 20.0 Å². The number of hydrogen-bond acceptors (Lipinski definition) is 9. The summed E-state index contributed by atoms with van der Waals surface area (Å²) in [6.07, 6.45) is 3.45. The van der Waals surface area contributed by atoms with Crippen LogP contribution in [-0.2, 0) is 10.0 Å². The number of aromatic nitrogens is 4. The van der Waals surface area contributed by atoms with Gasteiger partial charge in [0.05, 0.1) is 15.5 Å². The average molecular weight is 572 g/mol. The van der Waals surface area contributed by atoms with Gasteiger partial charge in [-0.15, -0.1) is 11.3 Å². The molecule has 0 saturated carbocycles. The number of fused-ring (bicyclic) bond motifs is 2. The second kappa shape index (κ2) is 10.4. The van der Waals surface area contributed by atoms with Crippen LogP contribution in [0, 0.1) is 10.1 Å². The lowest BCUT2D eigenvalue weighted by Gasteiger charge is -2.11. The molecule has 0 amide bonds. The molecule has 6 aromatic rings. The van der Waals surface area contributed by atoms with Crippen molar-refractivity contribution >= 4 is 48.7 Å². The number of imidazole rings is 1. The van der Waals surface area contributed by atoms with Gasteiger partial charge in [-0.2, -0.15) is 0 Å². The summed E-state index contributed by atoms with van der Waals surface area (Å²) in [6.45, 7) is 0.352. The number of nitrogens with zero attached hydrogens (tertiary/aromatic N) is 5. The first-order valence-corrected chi connectivity index (χ1v) is 14.5. The van der Waals surface area contributed by atoms with E-state index in [4.69, 9.17) is 4.98 Å². The number of nitrogens with one attached hydrogen (secondary N) is 2. The van der Waals surface area contributed by atoms with E-state index in [1.807, 2.05) is 40.2 Å². The SMILES string of the molecule is O=[N+]([O-])c1cccc(-c2nc3sccn3c2-c2ccnc(NCCNS(=O)(=O)c3cccc4ccccc34)n2)c1. The Morgan fingerprint density at radius 3 is 2.67 bits per heavy atom. The highest BCUT2D eigenvalue weighted by Crippen LogP contribution is 2.34. The molecule has 0 radical (unpaired) electrons. The van der Waals surface area contributed by atoms with E-state index in [0.29, 0.717) is 38.9 Å². The molecule has 11 nitrogen and oxygen atoms in total. The monoisotopic (exact) mass is 571 g/mol. The lowest BCUT2D eigenvalue weighted by molar-refractivity contribution is -0.384. The average Bonchev–Trinajstić information content (AvgIpc) is 3.57. The maximum atomic E-state index is 13.0. The zero-order valence-electron chi connectivity index (χ0n) is 20.8. The second-order valence-corrected chi connectivity index (χ2v) is 11.3. The summed E-state index contributed by atoms with van der Waals surface area (Å²) in [5.41, 5.74) is 2.34. The van der Waals surface area contributed by atoms with Crippen molar-refractivity contribution in [2.45, 2.75) is 4.90 Å². The fourth-order valence-electron chi connectivity index (χ4n) is 4.44. The van der Waals surface area contributed by atoms with Crippen molar-refractivity contribution in [2.75, 3.05) is 18.4 Å². The Morgan fingerprint density at radius 1 is 0.975 bits per heavy atom. The number of nitro groups is 1. The quantitative estimate of drug-likeness (QED) is 0.141. The van der Waals surface area contributed by atoms with Gasteiger partial charge >= 0.3 is 0 Å². The van der Waals surface area contributed by atoms with Crippen molar-refractivity contribution < 1.29 is 13.3 Å². The summed E-state index contributed by atoms with van der Waals surface area (Å²) >= 11 is 1.44. The Balaban J connectivity index is 1.22. The van der Waals surface area contributed by atoms with Crippen LogP contribution in [0.1, 0.15) is 0 Å². The van der Waals surface area contributed by atoms with E-state index in [-0.39, 0.29) is 23.7 Å². The van der Waals surface area contributed by atoms with Gasteiger partial charge in [0.1, 0.15) is 11.4 Å². The van der Waals surface area contributed by atoms with Crippen LogP contribution >= 0.6 is 11.3 Å². The fraction of sp³-hybridized carbons (Fsp3) is 0.0741. The number of sulfonamides is 1. The lowest BCUT2D eigenvalue weighted by Crippen LogP contribution is -2.29. The van der Waals surface area contributed by atoms with E-state index < -0.39 is 14.9 Å². The van der Waals surface area contributed by atoms with Gasteiger partial charge in [-0.05, 0) is 17.5 Å². The van der Waals surface area contributed by atoms with Gasteiger partial charge in [-0.25, -0.2) is 28.1 Å². The predicted molar refractivity (Wildman–Crippen MR) is 154 cm³/mol. The Morgan fingerprint density at radius 2 is 1.80 bits per heavy atom.